The van der Waals surface area contributed by atoms with Crippen LogP contribution in [0.4, 0.5) is 0 Å². The van der Waals surface area contributed by atoms with Crippen LogP contribution in [0.15, 0.2) is 66.7 Å². The summed E-state index contributed by atoms with van der Waals surface area (Å²) in [6.45, 7) is 2.49. The van der Waals surface area contributed by atoms with E-state index in [1.165, 1.54) is 39.6 Å². The third kappa shape index (κ3) is 5.66. The molecule has 1 aliphatic rings. The number of nitrogens with one attached hydrogen (secondary N) is 1. The summed E-state index contributed by atoms with van der Waals surface area (Å²) in [6, 6.07) is 23.8. The van der Waals surface area contributed by atoms with Gasteiger partial charge in [0.25, 0.3) is 5.91 Å². The number of fused-ring (bicyclic) bond motifs is 1. The van der Waals surface area contributed by atoms with Gasteiger partial charge in [-0.2, -0.15) is 0 Å². The Bertz CT molecular complexity index is 1070. The maximum absolute atomic E-state index is 12.7. The molecule has 0 heterocycles. The lowest BCUT2D eigenvalue weighted by Crippen LogP contribution is -2.36. The van der Waals surface area contributed by atoms with Crippen LogP contribution < -0.4 is 5.32 Å². The van der Waals surface area contributed by atoms with Gasteiger partial charge in [0.2, 0.25) is 0 Å². The van der Waals surface area contributed by atoms with Gasteiger partial charge >= 0.3 is 0 Å². The van der Waals surface area contributed by atoms with Crippen LogP contribution in [0.1, 0.15) is 66.1 Å². The minimum Gasteiger partial charge on any atom is -0.395 e. The van der Waals surface area contributed by atoms with Crippen molar-refractivity contribution in [3.63, 3.8) is 0 Å². The zero-order chi connectivity index (χ0) is 23.9. The average Bonchev–Trinajstić information content (AvgIpc) is 2.88. The molecule has 1 amide bonds. The van der Waals surface area contributed by atoms with Gasteiger partial charge in [0.05, 0.1) is 13.2 Å². The van der Waals surface area contributed by atoms with E-state index in [1.807, 2.05) is 12.1 Å². The first kappa shape index (κ1) is 24.4. The predicted molar refractivity (Wildman–Crippen MR) is 137 cm³/mol. The van der Waals surface area contributed by atoms with E-state index in [0.717, 1.165) is 12.8 Å². The van der Waals surface area contributed by atoms with Crippen LogP contribution in [0.2, 0.25) is 0 Å². The molecular formula is C29H36N2O3. The number of aliphatic hydroxyl groups is 2. The van der Waals surface area contributed by atoms with Crippen LogP contribution >= 0.6 is 0 Å². The lowest BCUT2D eigenvalue weighted by molar-refractivity contribution is 0.0685. The molecule has 1 aliphatic carbocycles. The fourth-order valence-electron chi connectivity index (χ4n) is 5.35. The largest absolute Gasteiger partial charge is 0.395 e. The van der Waals surface area contributed by atoms with Crippen LogP contribution in [0.25, 0.3) is 10.8 Å². The predicted octanol–water partition coefficient (Wildman–Crippen LogP) is 4.64. The molecule has 4 rings (SSSR count). The monoisotopic (exact) mass is 460 g/mol. The lowest BCUT2D eigenvalue weighted by atomic mass is 9.80. The molecule has 0 aliphatic heterocycles. The number of benzene rings is 3. The summed E-state index contributed by atoms with van der Waals surface area (Å²) in [5, 5.41) is 24.9. The molecule has 5 heteroatoms. The zero-order valence-corrected chi connectivity index (χ0v) is 20.0. The second-order valence-corrected chi connectivity index (χ2v) is 9.38. The summed E-state index contributed by atoms with van der Waals surface area (Å²) < 4.78 is 0. The molecule has 0 radical (unpaired) electrons. The van der Waals surface area contributed by atoms with Crippen molar-refractivity contribution in [3.8, 4) is 0 Å². The van der Waals surface area contributed by atoms with Crippen LogP contribution in [-0.2, 0) is 0 Å². The van der Waals surface area contributed by atoms with E-state index in [2.05, 4.69) is 66.8 Å². The topological polar surface area (TPSA) is 72.8 Å². The summed E-state index contributed by atoms with van der Waals surface area (Å²) in [5.41, 5.74) is 3.22. The molecule has 34 heavy (non-hydrogen) atoms. The summed E-state index contributed by atoms with van der Waals surface area (Å²) >= 11 is 0. The maximum Gasteiger partial charge on any atom is 0.254 e. The van der Waals surface area contributed by atoms with Crippen molar-refractivity contribution in [1.82, 2.24) is 10.2 Å². The van der Waals surface area contributed by atoms with Crippen molar-refractivity contribution in [3.05, 3.63) is 83.4 Å². The Labute approximate surface area is 202 Å². The number of carbonyl (C=O) groups excluding carboxylic acids is 1. The first-order valence-electron chi connectivity index (χ1n) is 12.5. The number of rotatable bonds is 9. The van der Waals surface area contributed by atoms with E-state index in [1.54, 1.807) is 0 Å². The molecule has 1 saturated carbocycles. The Hall–Kier alpha value is -2.73. The van der Waals surface area contributed by atoms with Gasteiger partial charge in [0, 0.05) is 30.7 Å². The van der Waals surface area contributed by atoms with Crippen molar-refractivity contribution in [2.45, 2.75) is 50.6 Å². The molecule has 3 aromatic carbocycles. The van der Waals surface area contributed by atoms with Crippen molar-refractivity contribution in [1.29, 1.82) is 0 Å². The normalized spacial score (nSPS) is 19.1. The van der Waals surface area contributed by atoms with E-state index >= 15 is 0 Å². The quantitative estimate of drug-likeness (QED) is 0.435. The number of amides is 1. The average molecular weight is 461 g/mol. The molecule has 3 unspecified atom stereocenters. The van der Waals surface area contributed by atoms with E-state index in [4.69, 9.17) is 0 Å². The molecule has 3 atom stereocenters. The number of aliphatic hydroxyl groups excluding tert-OH is 2. The minimum absolute atomic E-state index is 0.114. The smallest absolute Gasteiger partial charge is 0.254 e. The van der Waals surface area contributed by atoms with Gasteiger partial charge in [-0.25, -0.2) is 0 Å². The second-order valence-electron chi connectivity index (χ2n) is 9.38. The van der Waals surface area contributed by atoms with Gasteiger partial charge in [-0.05, 0) is 66.1 Å². The molecule has 0 bridgehead atoms. The first-order chi connectivity index (χ1) is 16.6. The molecule has 5 nitrogen and oxygen atoms in total. The van der Waals surface area contributed by atoms with Crippen molar-refractivity contribution >= 4 is 16.7 Å². The van der Waals surface area contributed by atoms with Gasteiger partial charge in [-0.15, -0.1) is 0 Å². The van der Waals surface area contributed by atoms with E-state index < -0.39 is 0 Å². The van der Waals surface area contributed by atoms with Crippen LogP contribution in [0.3, 0.4) is 0 Å². The molecule has 1 fully saturated rings. The zero-order valence-electron chi connectivity index (χ0n) is 20.0. The summed E-state index contributed by atoms with van der Waals surface area (Å²) in [7, 11) is 0. The molecule has 0 saturated heterocycles. The highest BCUT2D eigenvalue weighted by Gasteiger charge is 2.25. The van der Waals surface area contributed by atoms with Gasteiger partial charge in [-0.1, -0.05) is 61.0 Å². The fraction of sp³-hybridized carbons (Fsp3) is 0.414. The number of hydrogen-bond acceptors (Lipinski definition) is 4. The van der Waals surface area contributed by atoms with Crippen LogP contribution in [0, 0.1) is 0 Å². The standard InChI is InChI=1S/C29H36N2O3/c1-21(27-11-5-7-23-6-2-3-10-28(23)27)30-26-9-4-8-25(20-26)22-12-14-24(15-13-22)29(34)31(16-18-32)17-19-33/h2-3,5-7,10-15,21,25-26,30,32-33H,4,8-9,16-20H2,1H3. The van der Waals surface area contributed by atoms with Crippen molar-refractivity contribution in [2.24, 2.45) is 0 Å². The molecule has 3 aromatic rings. The van der Waals surface area contributed by atoms with Crippen molar-refractivity contribution in [2.75, 3.05) is 26.3 Å². The van der Waals surface area contributed by atoms with Crippen molar-refractivity contribution < 1.29 is 15.0 Å². The minimum atomic E-state index is -0.151. The SMILES string of the molecule is CC(NC1CCCC(c2ccc(C(=O)N(CCO)CCO)cc2)C1)c1cccc2ccccc12. The third-order valence-corrected chi connectivity index (χ3v) is 7.11. The van der Waals surface area contributed by atoms with E-state index in [9.17, 15) is 15.0 Å². The first-order valence-corrected chi connectivity index (χ1v) is 12.5. The molecule has 0 spiro atoms. The number of carbonyl (C=O) groups is 1. The molecule has 0 aromatic heterocycles. The second kappa shape index (κ2) is 11.6. The number of nitrogens with zero attached hydrogens (tertiary/aromatic N) is 1. The highest BCUT2D eigenvalue weighted by Crippen LogP contribution is 2.34. The number of hydrogen-bond donors (Lipinski definition) is 3. The highest BCUT2D eigenvalue weighted by atomic mass is 16.3. The van der Waals surface area contributed by atoms with Crippen LogP contribution in [0.5, 0.6) is 0 Å². The van der Waals surface area contributed by atoms with Crippen LogP contribution in [-0.4, -0.2) is 53.4 Å². The summed E-state index contributed by atoms with van der Waals surface area (Å²) in [5.74, 6) is 0.322. The maximum atomic E-state index is 12.7. The Balaban J connectivity index is 1.41. The lowest BCUT2D eigenvalue weighted by Gasteiger charge is -2.32. The summed E-state index contributed by atoms with van der Waals surface area (Å²) in [6.07, 6.45) is 4.62. The molecule has 180 valence electrons. The Kier molecular flexibility index (Phi) is 8.33. The Morgan fingerprint density at radius 2 is 1.68 bits per heavy atom. The van der Waals surface area contributed by atoms with Gasteiger partial charge in [0.1, 0.15) is 0 Å². The summed E-state index contributed by atoms with van der Waals surface area (Å²) in [4.78, 5) is 14.2. The third-order valence-electron chi connectivity index (χ3n) is 7.11. The highest BCUT2D eigenvalue weighted by molar-refractivity contribution is 5.94. The molecule has 3 N–H and O–H groups in total. The molecular weight excluding hydrogens is 424 g/mol. The van der Waals surface area contributed by atoms with E-state index in [-0.39, 0.29) is 38.3 Å². The fourth-order valence-corrected chi connectivity index (χ4v) is 5.35. The van der Waals surface area contributed by atoms with Gasteiger partial charge in [0.15, 0.2) is 0 Å². The van der Waals surface area contributed by atoms with E-state index in [0.29, 0.717) is 17.5 Å². The van der Waals surface area contributed by atoms with Gasteiger partial charge < -0.3 is 20.4 Å². The Morgan fingerprint density at radius 1 is 0.971 bits per heavy atom. The van der Waals surface area contributed by atoms with Gasteiger partial charge in [-0.3, -0.25) is 4.79 Å². The Morgan fingerprint density at radius 3 is 2.41 bits per heavy atom.